The van der Waals surface area contributed by atoms with Gasteiger partial charge in [0, 0.05) is 44.6 Å². The average molecular weight is 538 g/mol. The number of piperazine rings is 1. The molecule has 3 aliphatic rings. The van der Waals surface area contributed by atoms with Gasteiger partial charge in [0.05, 0.1) is 12.1 Å². The molecule has 3 saturated heterocycles. The number of aromatic nitrogens is 1. The topological polar surface area (TPSA) is 136 Å². The van der Waals surface area contributed by atoms with E-state index in [1.54, 1.807) is 11.1 Å². The van der Waals surface area contributed by atoms with Crippen LogP contribution >= 0.6 is 0 Å². The quantitative estimate of drug-likeness (QED) is 0.513. The van der Waals surface area contributed by atoms with Gasteiger partial charge in [-0.3, -0.25) is 9.59 Å². The zero-order valence-electron chi connectivity index (χ0n) is 22.2. The Bertz CT molecular complexity index is 1210. The molecule has 0 spiro atoms. The summed E-state index contributed by atoms with van der Waals surface area (Å²) in [5.41, 5.74) is 2.08. The minimum Gasteiger partial charge on any atom is -0.480 e. The van der Waals surface area contributed by atoms with E-state index >= 15 is 0 Å². The predicted molar refractivity (Wildman–Crippen MR) is 141 cm³/mol. The van der Waals surface area contributed by atoms with Gasteiger partial charge in [0.25, 0.3) is 0 Å². The highest BCUT2D eigenvalue weighted by atomic mass is 16.4. The molecule has 5 rings (SSSR count). The van der Waals surface area contributed by atoms with E-state index in [4.69, 9.17) is 4.42 Å². The van der Waals surface area contributed by atoms with E-state index in [0.717, 1.165) is 42.0 Å². The van der Waals surface area contributed by atoms with Gasteiger partial charge in [0.1, 0.15) is 0 Å². The van der Waals surface area contributed by atoms with Crippen LogP contribution in [-0.4, -0.2) is 93.9 Å². The summed E-state index contributed by atoms with van der Waals surface area (Å²) in [6, 6.07) is 6.23. The first-order valence-corrected chi connectivity index (χ1v) is 13.7. The molecule has 39 heavy (non-hydrogen) atoms. The van der Waals surface area contributed by atoms with Crippen molar-refractivity contribution in [1.82, 2.24) is 25.0 Å². The average Bonchev–Trinajstić information content (AvgIpc) is 3.42. The molecule has 11 nitrogen and oxygen atoms in total. The molecule has 3 fully saturated rings. The van der Waals surface area contributed by atoms with Gasteiger partial charge in [0.15, 0.2) is 17.7 Å². The Morgan fingerprint density at radius 3 is 2.38 bits per heavy atom. The van der Waals surface area contributed by atoms with Gasteiger partial charge in [-0.2, -0.15) is 0 Å². The fourth-order valence-electron chi connectivity index (χ4n) is 5.70. The summed E-state index contributed by atoms with van der Waals surface area (Å²) >= 11 is 0. The number of carbonyl (C=O) groups excluding carboxylic acids is 3. The van der Waals surface area contributed by atoms with Crippen LogP contribution in [0.4, 0.5) is 4.79 Å². The number of aryl methyl sites for hydroxylation is 2. The Balaban J connectivity index is 1.10. The van der Waals surface area contributed by atoms with Crippen molar-refractivity contribution < 1.29 is 28.7 Å². The number of β-lactam (4-membered cyclic amide) rings is 1. The number of piperidine rings is 1. The number of hydrogen-bond donors (Lipinski definition) is 2. The molecule has 0 radical (unpaired) electrons. The van der Waals surface area contributed by atoms with Crippen LogP contribution in [0.15, 0.2) is 34.9 Å². The highest BCUT2D eigenvalue weighted by Crippen LogP contribution is 2.35. The van der Waals surface area contributed by atoms with E-state index in [-0.39, 0.29) is 25.4 Å². The molecule has 0 unspecified atom stereocenters. The molecule has 2 aromatic rings. The second-order valence-electron chi connectivity index (χ2n) is 10.7. The maximum atomic E-state index is 13.1. The summed E-state index contributed by atoms with van der Waals surface area (Å²) in [6.07, 6.45) is 4.57. The number of amides is 4. The normalized spacial score (nSPS) is 22.1. The van der Waals surface area contributed by atoms with E-state index in [9.17, 15) is 24.3 Å². The molecule has 208 valence electrons. The van der Waals surface area contributed by atoms with Crippen molar-refractivity contribution in [3.8, 4) is 11.3 Å². The van der Waals surface area contributed by atoms with Crippen LogP contribution in [0.25, 0.3) is 11.3 Å². The van der Waals surface area contributed by atoms with Crippen molar-refractivity contribution in [2.45, 2.75) is 45.1 Å². The molecular weight excluding hydrogens is 502 g/mol. The number of hydrogen-bond acceptors (Lipinski definition) is 7. The van der Waals surface area contributed by atoms with Gasteiger partial charge in [-0.25, -0.2) is 19.5 Å². The summed E-state index contributed by atoms with van der Waals surface area (Å²) in [7, 11) is 0. The van der Waals surface area contributed by atoms with Crippen LogP contribution in [0.1, 0.15) is 37.1 Å². The monoisotopic (exact) mass is 537 g/mol. The summed E-state index contributed by atoms with van der Waals surface area (Å²) in [5.74, 6) is -0.833. The van der Waals surface area contributed by atoms with E-state index in [1.165, 1.54) is 4.90 Å². The van der Waals surface area contributed by atoms with Crippen molar-refractivity contribution in [1.29, 1.82) is 0 Å². The number of nitrogens with zero attached hydrogens (tertiary/aromatic N) is 4. The number of benzene rings is 1. The van der Waals surface area contributed by atoms with Crippen molar-refractivity contribution >= 4 is 23.8 Å². The molecule has 0 bridgehead atoms. The number of carbonyl (C=O) groups is 4. The standard InChI is InChI=1S/C28H35N5O6/c1-18-2-4-20(5-3-18)22-17-30-23(39-22)6-7-24(34)31-12-14-32(15-13-31)28(38)33-25(27(36)37)21(26(33)35)16-19-8-10-29-11-9-19/h2-5,17,19,21,25,29H,6-16H2,1H3,(H,36,37)/t21-,25+/m1/s1. The molecule has 11 heteroatoms. The zero-order valence-corrected chi connectivity index (χ0v) is 22.2. The number of carboxylic acid groups (broad SMARTS) is 1. The Morgan fingerprint density at radius 1 is 1.05 bits per heavy atom. The van der Waals surface area contributed by atoms with Crippen molar-refractivity contribution in [3.05, 3.63) is 41.9 Å². The lowest BCUT2D eigenvalue weighted by Crippen LogP contribution is -2.69. The van der Waals surface area contributed by atoms with Crippen LogP contribution in [-0.2, 0) is 20.8 Å². The maximum absolute atomic E-state index is 13.1. The van der Waals surface area contributed by atoms with Crippen molar-refractivity contribution in [3.63, 3.8) is 0 Å². The Morgan fingerprint density at radius 2 is 1.72 bits per heavy atom. The fourth-order valence-corrected chi connectivity index (χ4v) is 5.70. The third kappa shape index (κ3) is 5.83. The first kappa shape index (κ1) is 26.9. The second-order valence-corrected chi connectivity index (χ2v) is 10.7. The number of oxazole rings is 1. The number of rotatable bonds is 7. The first-order chi connectivity index (χ1) is 18.8. The molecule has 2 N–H and O–H groups in total. The Kier molecular flexibility index (Phi) is 7.97. The minimum atomic E-state index is -1.15. The summed E-state index contributed by atoms with van der Waals surface area (Å²) < 4.78 is 5.81. The van der Waals surface area contributed by atoms with E-state index in [1.807, 2.05) is 31.2 Å². The van der Waals surface area contributed by atoms with E-state index in [2.05, 4.69) is 10.3 Å². The number of carboxylic acids is 1. The molecule has 0 saturated carbocycles. The molecule has 1 aromatic carbocycles. The number of urea groups is 1. The van der Waals surface area contributed by atoms with Gasteiger partial charge in [0.2, 0.25) is 11.8 Å². The zero-order chi connectivity index (χ0) is 27.5. The van der Waals surface area contributed by atoms with E-state index in [0.29, 0.717) is 43.5 Å². The second kappa shape index (κ2) is 11.6. The van der Waals surface area contributed by atoms with Crippen LogP contribution < -0.4 is 5.32 Å². The van der Waals surface area contributed by atoms with Crippen molar-refractivity contribution in [2.75, 3.05) is 39.3 Å². The Labute approximate surface area is 227 Å². The summed E-state index contributed by atoms with van der Waals surface area (Å²) in [6.45, 7) is 4.88. The first-order valence-electron chi connectivity index (χ1n) is 13.7. The summed E-state index contributed by atoms with van der Waals surface area (Å²) in [4.78, 5) is 59.1. The van der Waals surface area contributed by atoms with Crippen LogP contribution in [0, 0.1) is 18.8 Å². The highest BCUT2D eigenvalue weighted by Gasteiger charge is 2.56. The molecule has 0 aliphatic carbocycles. The lowest BCUT2D eigenvalue weighted by Gasteiger charge is -2.47. The fraction of sp³-hybridized carbons (Fsp3) is 0.536. The minimum absolute atomic E-state index is 0.0670. The number of likely N-dealkylation sites (tertiary alicyclic amines) is 1. The van der Waals surface area contributed by atoms with E-state index < -0.39 is 29.9 Å². The van der Waals surface area contributed by atoms with Gasteiger partial charge in [-0.1, -0.05) is 29.8 Å². The van der Waals surface area contributed by atoms with Crippen LogP contribution in [0.5, 0.6) is 0 Å². The maximum Gasteiger partial charge on any atom is 0.327 e. The molecule has 2 atom stereocenters. The molecule has 1 aromatic heterocycles. The van der Waals surface area contributed by atoms with Crippen LogP contribution in [0.2, 0.25) is 0 Å². The van der Waals surface area contributed by atoms with Gasteiger partial charge in [-0.15, -0.1) is 0 Å². The largest absolute Gasteiger partial charge is 0.480 e. The highest BCUT2D eigenvalue weighted by molar-refractivity contribution is 6.07. The van der Waals surface area contributed by atoms with Gasteiger partial charge in [-0.05, 0) is 45.2 Å². The third-order valence-corrected chi connectivity index (χ3v) is 8.06. The lowest BCUT2D eigenvalue weighted by molar-refractivity contribution is -0.167. The number of aliphatic carboxylic acids is 1. The smallest absolute Gasteiger partial charge is 0.327 e. The number of nitrogens with one attached hydrogen (secondary N) is 1. The summed E-state index contributed by atoms with van der Waals surface area (Å²) in [5, 5.41) is 13.0. The third-order valence-electron chi connectivity index (χ3n) is 8.06. The molecule has 4 amide bonds. The molecule has 3 aliphatic heterocycles. The van der Waals surface area contributed by atoms with Crippen molar-refractivity contribution in [2.24, 2.45) is 11.8 Å². The van der Waals surface area contributed by atoms with Crippen LogP contribution in [0.3, 0.4) is 0 Å². The molecule has 4 heterocycles. The van der Waals surface area contributed by atoms with Gasteiger partial charge < -0.3 is 24.6 Å². The predicted octanol–water partition coefficient (Wildman–Crippen LogP) is 2.15. The Hall–Kier alpha value is -3.73. The SMILES string of the molecule is Cc1ccc(-c2cnc(CCC(=O)N3CCN(C(=O)N4C(=O)[C@H](CC5CCNCC5)[C@H]4C(=O)O)CC3)o2)cc1. The lowest BCUT2D eigenvalue weighted by atomic mass is 9.78. The van der Waals surface area contributed by atoms with Gasteiger partial charge >= 0.3 is 12.0 Å². The molecular formula is C28H35N5O6. The number of imide groups is 1.